The fourth-order valence-electron chi connectivity index (χ4n) is 4.81. The lowest BCUT2D eigenvalue weighted by Gasteiger charge is -2.45. The number of nitrogens with zero attached hydrogens (tertiary/aromatic N) is 2. The normalized spacial score (nSPS) is 26.2. The SMILES string of the molecule is COc1cccc(S(=O)(=O)N2CCC3(CC2)N(C2CCCC2)C(=O)CS3=O)c1. The summed E-state index contributed by atoms with van der Waals surface area (Å²) in [5, 5.41) is 0. The molecule has 2 heterocycles. The number of methoxy groups -OCH3 is 1. The van der Waals surface area contributed by atoms with Crippen molar-refractivity contribution in [3.8, 4) is 5.75 Å². The van der Waals surface area contributed by atoms with E-state index >= 15 is 0 Å². The van der Waals surface area contributed by atoms with Crippen LogP contribution in [0.25, 0.3) is 0 Å². The van der Waals surface area contributed by atoms with Crippen LogP contribution < -0.4 is 4.74 Å². The lowest BCUT2D eigenvalue weighted by Crippen LogP contribution is -2.58. The van der Waals surface area contributed by atoms with Crippen LogP contribution >= 0.6 is 0 Å². The average molecular weight is 427 g/mol. The topological polar surface area (TPSA) is 84.0 Å². The molecule has 0 bridgehead atoms. The molecule has 1 atom stereocenters. The molecule has 9 heteroatoms. The van der Waals surface area contributed by atoms with E-state index in [0.29, 0.717) is 18.6 Å². The zero-order valence-corrected chi connectivity index (χ0v) is 17.6. The second-order valence-electron chi connectivity index (χ2n) is 7.72. The van der Waals surface area contributed by atoms with E-state index in [9.17, 15) is 17.4 Å². The quantitative estimate of drug-likeness (QED) is 0.732. The number of carbonyl (C=O) groups is 1. The third-order valence-corrected chi connectivity index (χ3v) is 10.1. The molecule has 1 aliphatic carbocycles. The Morgan fingerprint density at radius 1 is 1.18 bits per heavy atom. The highest BCUT2D eigenvalue weighted by molar-refractivity contribution is 7.89. The molecule has 0 radical (unpaired) electrons. The van der Waals surface area contributed by atoms with Gasteiger partial charge in [-0.15, -0.1) is 0 Å². The summed E-state index contributed by atoms with van der Waals surface area (Å²) >= 11 is 0. The molecule has 2 aliphatic heterocycles. The summed E-state index contributed by atoms with van der Waals surface area (Å²) in [4.78, 5) is 14.0. The van der Waals surface area contributed by atoms with Crippen LogP contribution in [0.5, 0.6) is 5.75 Å². The van der Waals surface area contributed by atoms with Gasteiger partial charge in [0.1, 0.15) is 16.4 Å². The summed E-state index contributed by atoms with van der Waals surface area (Å²) in [7, 11) is -3.44. The third-order valence-electron chi connectivity index (χ3n) is 6.26. The molecule has 154 valence electrons. The molecule has 4 rings (SSSR count). The zero-order valence-electron chi connectivity index (χ0n) is 16.0. The Bertz CT molecular complexity index is 887. The summed E-state index contributed by atoms with van der Waals surface area (Å²) in [6.45, 7) is 0.531. The van der Waals surface area contributed by atoms with Crippen molar-refractivity contribution >= 4 is 26.7 Å². The Labute approximate surface area is 168 Å². The maximum Gasteiger partial charge on any atom is 0.243 e. The van der Waals surface area contributed by atoms with Gasteiger partial charge in [-0.2, -0.15) is 4.31 Å². The number of rotatable bonds is 4. The highest BCUT2D eigenvalue weighted by Gasteiger charge is 2.56. The minimum absolute atomic E-state index is 0.0330. The number of piperidine rings is 1. The summed E-state index contributed by atoms with van der Waals surface area (Å²) in [5.41, 5.74) is 0. The van der Waals surface area contributed by atoms with Crippen LogP contribution in [0.15, 0.2) is 29.2 Å². The van der Waals surface area contributed by atoms with Gasteiger partial charge < -0.3 is 9.64 Å². The highest BCUT2D eigenvalue weighted by Crippen LogP contribution is 2.43. The molecular weight excluding hydrogens is 400 g/mol. The van der Waals surface area contributed by atoms with Gasteiger partial charge >= 0.3 is 0 Å². The predicted octanol–water partition coefficient (Wildman–Crippen LogP) is 1.71. The van der Waals surface area contributed by atoms with E-state index in [2.05, 4.69) is 0 Å². The van der Waals surface area contributed by atoms with Crippen molar-refractivity contribution in [2.75, 3.05) is 26.0 Å². The van der Waals surface area contributed by atoms with Gasteiger partial charge in [-0.25, -0.2) is 8.42 Å². The fraction of sp³-hybridized carbons (Fsp3) is 0.632. The zero-order chi connectivity index (χ0) is 19.9. The van der Waals surface area contributed by atoms with Crippen LogP contribution in [0.4, 0.5) is 0 Å². The summed E-state index contributed by atoms with van der Waals surface area (Å²) in [5.74, 6) is 0.526. The molecule has 1 saturated carbocycles. The second kappa shape index (κ2) is 7.42. The molecule has 2 saturated heterocycles. The number of hydrogen-bond acceptors (Lipinski definition) is 5. The number of hydrogen-bond donors (Lipinski definition) is 0. The Hall–Kier alpha value is -1.45. The first-order chi connectivity index (χ1) is 13.4. The van der Waals surface area contributed by atoms with Gasteiger partial charge in [-0.1, -0.05) is 18.9 Å². The van der Waals surface area contributed by atoms with Gasteiger partial charge in [0.05, 0.1) is 22.8 Å². The Kier molecular flexibility index (Phi) is 5.26. The van der Waals surface area contributed by atoms with Gasteiger partial charge in [0.15, 0.2) is 0 Å². The smallest absolute Gasteiger partial charge is 0.243 e. The number of benzene rings is 1. The van der Waals surface area contributed by atoms with Crippen molar-refractivity contribution in [3.63, 3.8) is 0 Å². The predicted molar refractivity (Wildman–Crippen MR) is 106 cm³/mol. The first-order valence-corrected chi connectivity index (χ1v) is 12.5. The summed E-state index contributed by atoms with van der Waals surface area (Å²) in [6, 6.07) is 6.59. The largest absolute Gasteiger partial charge is 0.497 e. The molecule has 3 aliphatic rings. The van der Waals surface area contributed by atoms with Crippen LogP contribution in [0.3, 0.4) is 0 Å². The van der Waals surface area contributed by atoms with Gasteiger partial charge in [-0.05, 0) is 37.8 Å². The van der Waals surface area contributed by atoms with E-state index < -0.39 is 25.7 Å². The highest BCUT2D eigenvalue weighted by atomic mass is 32.2. The van der Waals surface area contributed by atoms with Crippen molar-refractivity contribution < 1.29 is 22.2 Å². The number of sulfonamides is 1. The fourth-order valence-corrected chi connectivity index (χ4v) is 8.02. The van der Waals surface area contributed by atoms with Crippen molar-refractivity contribution in [3.05, 3.63) is 24.3 Å². The summed E-state index contributed by atoms with van der Waals surface area (Å²) < 4.78 is 45.6. The van der Waals surface area contributed by atoms with Crippen molar-refractivity contribution in [2.24, 2.45) is 0 Å². The van der Waals surface area contributed by atoms with E-state index in [4.69, 9.17) is 4.74 Å². The minimum atomic E-state index is -3.66. The molecule has 7 nitrogen and oxygen atoms in total. The average Bonchev–Trinajstić information content (AvgIpc) is 3.29. The maximum absolute atomic E-state index is 13.1. The molecular formula is C19H26N2O5S2. The maximum atomic E-state index is 13.1. The third kappa shape index (κ3) is 3.17. The Morgan fingerprint density at radius 3 is 2.50 bits per heavy atom. The van der Waals surface area contributed by atoms with Crippen LogP contribution in [0.2, 0.25) is 0 Å². The van der Waals surface area contributed by atoms with Gasteiger partial charge in [-0.3, -0.25) is 9.00 Å². The lowest BCUT2D eigenvalue weighted by molar-refractivity contribution is -0.133. The number of amides is 1. The Balaban J connectivity index is 1.56. The van der Waals surface area contributed by atoms with Crippen LogP contribution in [0.1, 0.15) is 38.5 Å². The van der Waals surface area contributed by atoms with E-state index in [1.54, 1.807) is 18.2 Å². The van der Waals surface area contributed by atoms with E-state index in [0.717, 1.165) is 25.7 Å². The van der Waals surface area contributed by atoms with Crippen LogP contribution in [0, 0.1) is 0 Å². The van der Waals surface area contributed by atoms with Crippen LogP contribution in [-0.4, -0.2) is 64.6 Å². The lowest BCUT2D eigenvalue weighted by atomic mass is 10.0. The molecule has 1 spiro atoms. The second-order valence-corrected chi connectivity index (χ2v) is 11.4. The van der Waals surface area contributed by atoms with E-state index in [1.165, 1.54) is 17.5 Å². The molecule has 1 amide bonds. The Morgan fingerprint density at radius 2 is 1.86 bits per heavy atom. The summed E-state index contributed by atoms with van der Waals surface area (Å²) in [6.07, 6.45) is 4.93. The number of carbonyl (C=O) groups excluding carboxylic acids is 1. The van der Waals surface area contributed by atoms with E-state index in [1.807, 2.05) is 4.90 Å². The molecule has 1 aromatic carbocycles. The first-order valence-electron chi connectivity index (χ1n) is 9.73. The van der Waals surface area contributed by atoms with Gasteiger partial charge in [0, 0.05) is 25.2 Å². The molecule has 0 N–H and O–H groups in total. The van der Waals surface area contributed by atoms with E-state index in [-0.39, 0.29) is 35.7 Å². The van der Waals surface area contributed by atoms with Crippen molar-refractivity contribution in [2.45, 2.75) is 54.3 Å². The molecule has 3 fully saturated rings. The van der Waals surface area contributed by atoms with Crippen molar-refractivity contribution in [1.29, 1.82) is 0 Å². The van der Waals surface area contributed by atoms with Gasteiger partial charge in [0.2, 0.25) is 15.9 Å². The first kappa shape index (κ1) is 19.8. The molecule has 1 unspecified atom stereocenters. The van der Waals surface area contributed by atoms with Crippen molar-refractivity contribution in [1.82, 2.24) is 9.21 Å². The minimum Gasteiger partial charge on any atom is -0.497 e. The molecule has 0 aromatic heterocycles. The van der Waals surface area contributed by atoms with Gasteiger partial charge in [0.25, 0.3) is 0 Å². The standard InChI is InChI=1S/C19H26N2O5S2/c1-26-16-7-4-8-17(13-16)28(24,25)20-11-9-19(10-12-20)21(15-5-2-3-6-15)18(22)14-27(19)23/h4,7-8,13,15H,2-3,5-6,9-12,14H2,1H3. The molecule has 1 aromatic rings. The molecule has 28 heavy (non-hydrogen) atoms. The van der Waals surface area contributed by atoms with Crippen LogP contribution in [-0.2, 0) is 25.6 Å². The monoisotopic (exact) mass is 426 g/mol. The number of ether oxygens (including phenoxy) is 1.